The van der Waals surface area contributed by atoms with Crippen LogP contribution in [0.4, 0.5) is 0 Å². The summed E-state index contributed by atoms with van der Waals surface area (Å²) in [6, 6.07) is 0. The number of nitrogens with two attached hydrogens (primary N) is 1. The fourth-order valence-corrected chi connectivity index (χ4v) is 3.96. The third-order valence-corrected chi connectivity index (χ3v) is 6.73. The van der Waals surface area contributed by atoms with Crippen LogP contribution in [0.5, 0.6) is 0 Å². The van der Waals surface area contributed by atoms with Gasteiger partial charge in [0.2, 0.25) is 11.8 Å². The monoisotopic (exact) mass is 803 g/mol. The van der Waals surface area contributed by atoms with Crippen LogP contribution in [0.2, 0.25) is 0 Å². The van der Waals surface area contributed by atoms with E-state index in [2.05, 4.69) is 5.32 Å². The van der Waals surface area contributed by atoms with E-state index in [-0.39, 0.29) is 51.6 Å². The van der Waals surface area contributed by atoms with Crippen LogP contribution in [0.3, 0.4) is 0 Å². The molecule has 0 rings (SSSR count). The van der Waals surface area contributed by atoms with Gasteiger partial charge in [-0.2, -0.15) is 0 Å². The van der Waals surface area contributed by atoms with Gasteiger partial charge in [0.1, 0.15) is 0 Å². The van der Waals surface area contributed by atoms with E-state index >= 15 is 0 Å². The van der Waals surface area contributed by atoms with Gasteiger partial charge in [-0.1, -0.05) is 0 Å². The number of carboxylic acids is 1. The molecule has 0 aliphatic heterocycles. The molecule has 0 atom stereocenters. The topological polar surface area (TPSA) is 233 Å². The zero-order chi connectivity index (χ0) is 40.1. The lowest BCUT2D eigenvalue weighted by Gasteiger charge is -2.21. The van der Waals surface area contributed by atoms with Gasteiger partial charge in [-0.25, -0.2) is 0 Å². The van der Waals surface area contributed by atoms with Crippen molar-refractivity contribution in [3.05, 3.63) is 0 Å². The second-order valence-electron chi connectivity index (χ2n) is 11.2. The van der Waals surface area contributed by atoms with Gasteiger partial charge in [-0.15, -0.1) is 0 Å². The van der Waals surface area contributed by atoms with Gasteiger partial charge < -0.3 is 82.6 Å². The summed E-state index contributed by atoms with van der Waals surface area (Å²) >= 11 is 0. The summed E-state index contributed by atoms with van der Waals surface area (Å²) in [4.78, 5) is 36.8. The summed E-state index contributed by atoms with van der Waals surface area (Å²) in [7, 11) is 1.64. The first kappa shape index (κ1) is 52.9. The molecule has 0 heterocycles. The van der Waals surface area contributed by atoms with Crippen LogP contribution < -0.4 is 11.1 Å². The molecule has 0 saturated heterocycles. The van der Waals surface area contributed by atoms with Gasteiger partial charge in [0.15, 0.2) is 0 Å². The van der Waals surface area contributed by atoms with Gasteiger partial charge in [-0.3, -0.25) is 14.4 Å². The third-order valence-electron chi connectivity index (χ3n) is 6.73. The standard InChI is InChI=1S/C35H69N3O17/c1-43-10-11-46-14-15-48-18-19-50-22-23-52-26-27-54-30-31-55-29-28-53-25-24-51-21-20-49-17-16-47-13-12-44-7-3-34(40)38(6-2-35(41)42)32-33(39)37-5-9-45-8-4-36/h2-32,36H2,1H3,(H,37,39)(H,41,42). The predicted molar refractivity (Wildman–Crippen MR) is 197 cm³/mol. The average Bonchev–Trinajstić information content (AvgIpc) is 3.17. The minimum Gasteiger partial charge on any atom is -0.481 e. The number of nitrogens with zero attached hydrogens (tertiary/aromatic N) is 1. The first-order chi connectivity index (χ1) is 27.0. The Morgan fingerprint density at radius 3 is 1.13 bits per heavy atom. The van der Waals surface area contributed by atoms with Crippen molar-refractivity contribution >= 4 is 17.8 Å². The number of methoxy groups -OCH3 is 1. The molecule has 0 aliphatic carbocycles. The van der Waals surface area contributed by atoms with E-state index in [4.69, 9.17) is 72.4 Å². The van der Waals surface area contributed by atoms with Crippen molar-refractivity contribution in [2.45, 2.75) is 12.8 Å². The maximum absolute atomic E-state index is 12.5. The predicted octanol–water partition coefficient (Wildman–Crippen LogP) is -1.40. The van der Waals surface area contributed by atoms with Crippen molar-refractivity contribution in [2.24, 2.45) is 5.73 Å². The largest absolute Gasteiger partial charge is 0.481 e. The molecule has 0 saturated carbocycles. The third kappa shape index (κ3) is 42.8. The van der Waals surface area contributed by atoms with Crippen LogP contribution in [0.25, 0.3) is 0 Å². The Balaban J connectivity index is 3.41. The summed E-state index contributed by atoms with van der Waals surface area (Å²) < 4.78 is 69.9. The van der Waals surface area contributed by atoms with Crippen molar-refractivity contribution < 1.29 is 81.1 Å². The number of hydrogen-bond acceptors (Lipinski definition) is 17. The number of rotatable bonds is 46. The molecule has 0 aliphatic rings. The van der Waals surface area contributed by atoms with Crippen LogP contribution >= 0.6 is 0 Å². The van der Waals surface area contributed by atoms with Crippen molar-refractivity contribution in [3.63, 3.8) is 0 Å². The molecule has 20 nitrogen and oxygen atoms in total. The summed E-state index contributed by atoms with van der Waals surface area (Å²) in [6.07, 6.45) is -0.265. The second-order valence-corrected chi connectivity index (χ2v) is 11.2. The van der Waals surface area contributed by atoms with E-state index < -0.39 is 11.9 Å². The highest BCUT2D eigenvalue weighted by Crippen LogP contribution is 1.99. The fourth-order valence-electron chi connectivity index (χ4n) is 3.96. The molecular weight excluding hydrogens is 734 g/mol. The molecule has 0 aromatic rings. The van der Waals surface area contributed by atoms with Crippen molar-refractivity contribution in [3.8, 4) is 0 Å². The average molecular weight is 804 g/mol. The van der Waals surface area contributed by atoms with E-state index in [9.17, 15) is 14.4 Å². The molecular formula is C35H69N3O17. The van der Waals surface area contributed by atoms with Gasteiger partial charge in [-0.05, 0) is 0 Å². The Hall–Kier alpha value is -2.15. The van der Waals surface area contributed by atoms with E-state index in [1.807, 2.05) is 0 Å². The summed E-state index contributed by atoms with van der Waals surface area (Å²) in [5.41, 5.74) is 5.34. The molecule has 0 fully saturated rings. The first-order valence-corrected chi connectivity index (χ1v) is 18.9. The first-order valence-electron chi connectivity index (χ1n) is 18.9. The van der Waals surface area contributed by atoms with Crippen LogP contribution in [-0.4, -0.2) is 226 Å². The van der Waals surface area contributed by atoms with E-state index in [1.165, 1.54) is 4.90 Å². The number of ether oxygens (including phenoxy) is 13. The minimum absolute atomic E-state index is 0.00554. The quantitative estimate of drug-likeness (QED) is 0.0601. The molecule has 0 radical (unpaired) electrons. The Morgan fingerprint density at radius 2 is 0.800 bits per heavy atom. The number of hydrogen-bond donors (Lipinski definition) is 3. The maximum atomic E-state index is 12.5. The molecule has 0 unspecified atom stereocenters. The number of carbonyl (C=O) groups excluding carboxylic acids is 2. The Kier molecular flexibility index (Phi) is 42.8. The summed E-state index contributed by atoms with van der Waals surface area (Å²) in [5.74, 6) is -1.85. The summed E-state index contributed by atoms with van der Waals surface area (Å²) in [6.45, 7) is 11.3. The Morgan fingerprint density at radius 1 is 0.473 bits per heavy atom. The molecule has 0 aromatic heterocycles. The molecule has 2 amide bonds. The summed E-state index contributed by atoms with van der Waals surface area (Å²) in [5, 5.41) is 11.6. The van der Waals surface area contributed by atoms with Crippen LogP contribution in [0.1, 0.15) is 12.8 Å². The fraction of sp³-hybridized carbons (Fsp3) is 0.914. The van der Waals surface area contributed by atoms with Gasteiger partial charge in [0.25, 0.3) is 0 Å². The lowest BCUT2D eigenvalue weighted by Crippen LogP contribution is -2.42. The second kappa shape index (κ2) is 44.6. The van der Waals surface area contributed by atoms with Crippen LogP contribution in [0.15, 0.2) is 0 Å². The highest BCUT2D eigenvalue weighted by Gasteiger charge is 2.18. The molecule has 4 N–H and O–H groups in total. The van der Waals surface area contributed by atoms with E-state index in [1.54, 1.807) is 7.11 Å². The van der Waals surface area contributed by atoms with E-state index in [0.717, 1.165) is 0 Å². The molecule has 0 aromatic carbocycles. The Bertz CT molecular complexity index is 850. The van der Waals surface area contributed by atoms with Crippen LogP contribution in [0, 0.1) is 0 Å². The number of aliphatic carboxylic acids is 1. The number of carbonyl (C=O) groups is 3. The minimum atomic E-state index is -1.06. The number of amides is 2. The van der Waals surface area contributed by atoms with Crippen molar-refractivity contribution in [1.29, 1.82) is 0 Å². The number of carboxylic acid groups (broad SMARTS) is 1. The van der Waals surface area contributed by atoms with E-state index in [0.29, 0.717) is 159 Å². The molecule has 326 valence electrons. The Labute approximate surface area is 326 Å². The number of nitrogens with one attached hydrogen (secondary N) is 1. The molecule has 0 bridgehead atoms. The van der Waals surface area contributed by atoms with Gasteiger partial charge in [0, 0.05) is 26.7 Å². The highest BCUT2D eigenvalue weighted by atomic mass is 16.6. The van der Waals surface area contributed by atoms with Crippen molar-refractivity contribution in [1.82, 2.24) is 10.2 Å². The lowest BCUT2D eigenvalue weighted by molar-refractivity contribution is -0.141. The SMILES string of the molecule is COCCOCCOCCOCCOCCOCCOCCOCCOCCOCCOCCOCCC(=O)N(CCC(=O)O)CC(=O)NCCOCCN. The van der Waals surface area contributed by atoms with Crippen LogP contribution in [-0.2, 0) is 76.0 Å². The highest BCUT2D eigenvalue weighted by molar-refractivity contribution is 5.85. The molecule has 55 heavy (non-hydrogen) atoms. The molecule has 0 spiro atoms. The molecule has 20 heteroatoms. The normalized spacial score (nSPS) is 11.3. The van der Waals surface area contributed by atoms with Gasteiger partial charge >= 0.3 is 5.97 Å². The van der Waals surface area contributed by atoms with Crippen molar-refractivity contribution in [2.75, 3.05) is 198 Å². The zero-order valence-electron chi connectivity index (χ0n) is 32.9. The lowest BCUT2D eigenvalue weighted by atomic mass is 10.3. The maximum Gasteiger partial charge on any atom is 0.305 e. The van der Waals surface area contributed by atoms with Gasteiger partial charge in [0.05, 0.1) is 185 Å². The zero-order valence-corrected chi connectivity index (χ0v) is 32.9. The smallest absolute Gasteiger partial charge is 0.305 e.